The standard InChI is InChI=1S/C22H46O7P2/c1-4-7-8-9-10-11-12-13-14-15-16-17-18-19-20-21-22(23,30(24,25)26)31(27,28-5-2)29-6-3/h13-14,23H,4-12,15-21H2,1-3H3,(H2,24,25,26). The quantitative estimate of drug-likeness (QED) is 0.0903. The highest BCUT2D eigenvalue weighted by Gasteiger charge is 2.61. The third-order valence-corrected chi connectivity index (χ3v) is 10.2. The first-order chi connectivity index (χ1) is 14.7. The van der Waals surface area contributed by atoms with E-state index in [2.05, 4.69) is 19.1 Å². The van der Waals surface area contributed by atoms with Gasteiger partial charge in [0.15, 0.2) is 0 Å². The van der Waals surface area contributed by atoms with Gasteiger partial charge in [-0.15, -0.1) is 0 Å². The number of hydrogen-bond donors (Lipinski definition) is 3. The first kappa shape index (κ1) is 31.0. The van der Waals surface area contributed by atoms with Crippen molar-refractivity contribution in [2.24, 2.45) is 0 Å². The van der Waals surface area contributed by atoms with Gasteiger partial charge in [-0.25, -0.2) is 0 Å². The monoisotopic (exact) mass is 484 g/mol. The molecule has 1 atom stereocenters. The third kappa shape index (κ3) is 12.1. The zero-order valence-electron chi connectivity index (χ0n) is 19.8. The van der Waals surface area contributed by atoms with Crippen molar-refractivity contribution in [3.63, 3.8) is 0 Å². The maximum Gasteiger partial charge on any atom is 0.374 e. The second kappa shape index (κ2) is 17.5. The van der Waals surface area contributed by atoms with E-state index in [9.17, 15) is 24.0 Å². The van der Waals surface area contributed by atoms with Crippen molar-refractivity contribution in [1.82, 2.24) is 0 Å². The van der Waals surface area contributed by atoms with E-state index in [1.165, 1.54) is 52.4 Å². The van der Waals surface area contributed by atoms with Gasteiger partial charge in [0.25, 0.3) is 5.08 Å². The Morgan fingerprint density at radius 2 is 1.13 bits per heavy atom. The smallest absolute Gasteiger partial charge is 0.368 e. The molecule has 0 bridgehead atoms. The van der Waals surface area contributed by atoms with Crippen LogP contribution in [0, 0.1) is 0 Å². The van der Waals surface area contributed by atoms with Crippen molar-refractivity contribution in [1.29, 1.82) is 0 Å². The van der Waals surface area contributed by atoms with Crippen molar-refractivity contribution in [3.8, 4) is 0 Å². The molecule has 1 unspecified atom stereocenters. The molecule has 0 spiro atoms. The molecule has 0 aliphatic heterocycles. The molecule has 9 heteroatoms. The molecule has 0 aromatic heterocycles. The van der Waals surface area contributed by atoms with Gasteiger partial charge in [0.2, 0.25) is 0 Å². The number of unbranched alkanes of at least 4 members (excludes halogenated alkanes) is 11. The molecule has 0 heterocycles. The first-order valence-electron chi connectivity index (χ1n) is 12.0. The number of aliphatic hydroxyl groups is 1. The minimum Gasteiger partial charge on any atom is -0.368 e. The van der Waals surface area contributed by atoms with Gasteiger partial charge in [-0.1, -0.05) is 70.4 Å². The van der Waals surface area contributed by atoms with E-state index < -0.39 is 20.3 Å². The highest BCUT2D eigenvalue weighted by Crippen LogP contribution is 2.74. The van der Waals surface area contributed by atoms with E-state index in [0.29, 0.717) is 12.8 Å². The van der Waals surface area contributed by atoms with Crippen LogP contribution in [0.2, 0.25) is 0 Å². The van der Waals surface area contributed by atoms with Crippen LogP contribution in [0.5, 0.6) is 0 Å². The lowest BCUT2D eigenvalue weighted by Gasteiger charge is -2.34. The molecule has 0 amide bonds. The molecular weight excluding hydrogens is 438 g/mol. The Bertz CT molecular complexity index is 552. The molecule has 0 saturated carbocycles. The average Bonchev–Trinajstić information content (AvgIpc) is 2.70. The topological polar surface area (TPSA) is 113 Å². The Balaban J connectivity index is 4.16. The van der Waals surface area contributed by atoms with Crippen LogP contribution in [-0.2, 0) is 18.2 Å². The predicted molar refractivity (Wildman–Crippen MR) is 127 cm³/mol. The minimum atomic E-state index is -5.12. The molecule has 0 aromatic carbocycles. The largest absolute Gasteiger partial charge is 0.374 e. The van der Waals surface area contributed by atoms with Gasteiger partial charge in [-0.3, -0.25) is 9.13 Å². The zero-order chi connectivity index (χ0) is 23.6. The molecule has 3 N–H and O–H groups in total. The van der Waals surface area contributed by atoms with E-state index in [1.54, 1.807) is 0 Å². The normalized spacial score (nSPS) is 14.9. The highest BCUT2D eigenvalue weighted by molar-refractivity contribution is 7.73. The summed E-state index contributed by atoms with van der Waals surface area (Å²) in [6, 6.07) is 0. The van der Waals surface area contributed by atoms with Gasteiger partial charge in [0.05, 0.1) is 13.2 Å². The van der Waals surface area contributed by atoms with Crippen LogP contribution >= 0.6 is 15.2 Å². The molecule has 0 aliphatic carbocycles. The molecule has 0 saturated heterocycles. The maximum absolute atomic E-state index is 12.9. The fourth-order valence-electron chi connectivity index (χ4n) is 3.46. The van der Waals surface area contributed by atoms with E-state index in [0.717, 1.165) is 32.1 Å². The molecule has 0 radical (unpaired) electrons. The minimum absolute atomic E-state index is 0.0774. The number of allylic oxidation sites excluding steroid dienone is 2. The molecule has 0 fully saturated rings. The molecule has 0 aliphatic rings. The summed E-state index contributed by atoms with van der Waals surface area (Å²) in [5.41, 5.74) is 0. The Kier molecular flexibility index (Phi) is 17.5. The Labute approximate surface area is 189 Å². The van der Waals surface area contributed by atoms with Crippen molar-refractivity contribution < 1.29 is 33.1 Å². The van der Waals surface area contributed by atoms with Crippen molar-refractivity contribution >= 4 is 15.2 Å². The molecule has 0 rings (SSSR count). The predicted octanol–water partition coefficient (Wildman–Crippen LogP) is 7.11. The van der Waals surface area contributed by atoms with Crippen LogP contribution in [-0.4, -0.2) is 33.2 Å². The Morgan fingerprint density at radius 1 is 0.710 bits per heavy atom. The maximum atomic E-state index is 12.9. The second-order valence-corrected chi connectivity index (χ2v) is 12.4. The first-order valence-corrected chi connectivity index (χ1v) is 15.2. The summed E-state index contributed by atoms with van der Waals surface area (Å²) >= 11 is 0. The summed E-state index contributed by atoms with van der Waals surface area (Å²) in [7, 11) is -9.49. The fraction of sp³-hybridized carbons (Fsp3) is 0.909. The summed E-state index contributed by atoms with van der Waals surface area (Å²) in [5, 5.41) is 7.85. The van der Waals surface area contributed by atoms with Gasteiger partial charge < -0.3 is 23.9 Å². The van der Waals surface area contributed by atoms with Gasteiger partial charge in [0, 0.05) is 0 Å². The van der Waals surface area contributed by atoms with E-state index in [1.807, 2.05) is 0 Å². The number of hydrogen-bond acceptors (Lipinski definition) is 5. The van der Waals surface area contributed by atoms with Gasteiger partial charge in [-0.05, 0) is 52.4 Å². The average molecular weight is 485 g/mol. The SMILES string of the molecule is CCCCCCCCC=CCCCCCCCC(O)(P(=O)(O)O)P(=O)(OCC)OCC. The van der Waals surface area contributed by atoms with Gasteiger partial charge >= 0.3 is 15.2 Å². The second-order valence-electron chi connectivity index (χ2n) is 7.99. The Hall–Kier alpha value is -0.0000000000000000416. The van der Waals surface area contributed by atoms with Crippen molar-refractivity contribution in [3.05, 3.63) is 12.2 Å². The summed E-state index contributed by atoms with van der Waals surface area (Å²) in [5.74, 6) is 0. The van der Waals surface area contributed by atoms with Crippen LogP contribution < -0.4 is 0 Å². The van der Waals surface area contributed by atoms with Crippen LogP contribution in [0.25, 0.3) is 0 Å². The summed E-state index contributed by atoms with van der Waals surface area (Å²) in [4.78, 5) is 19.3. The van der Waals surface area contributed by atoms with Crippen LogP contribution in [0.15, 0.2) is 12.2 Å². The third-order valence-electron chi connectivity index (χ3n) is 5.28. The summed E-state index contributed by atoms with van der Waals surface area (Å²) < 4.78 is 34.8. The lowest BCUT2D eigenvalue weighted by Crippen LogP contribution is -2.31. The summed E-state index contributed by atoms with van der Waals surface area (Å²) in [6.45, 7) is 5.15. The molecule has 0 aromatic rings. The molecule has 186 valence electrons. The fourth-order valence-corrected chi connectivity index (χ4v) is 7.13. The van der Waals surface area contributed by atoms with Crippen LogP contribution in [0.1, 0.15) is 111 Å². The van der Waals surface area contributed by atoms with Gasteiger partial charge in [0.1, 0.15) is 0 Å². The molecular formula is C22H46O7P2. The van der Waals surface area contributed by atoms with Crippen molar-refractivity contribution in [2.75, 3.05) is 13.2 Å². The van der Waals surface area contributed by atoms with Crippen LogP contribution in [0.3, 0.4) is 0 Å². The van der Waals surface area contributed by atoms with Crippen LogP contribution in [0.4, 0.5) is 0 Å². The van der Waals surface area contributed by atoms with E-state index in [-0.39, 0.29) is 19.6 Å². The summed E-state index contributed by atoms with van der Waals surface area (Å²) in [6.07, 6.45) is 18.2. The van der Waals surface area contributed by atoms with E-state index >= 15 is 0 Å². The lowest BCUT2D eigenvalue weighted by molar-refractivity contribution is 0.0938. The van der Waals surface area contributed by atoms with Gasteiger partial charge in [-0.2, -0.15) is 0 Å². The van der Waals surface area contributed by atoms with Crippen molar-refractivity contribution in [2.45, 2.75) is 116 Å². The zero-order valence-corrected chi connectivity index (χ0v) is 21.6. The van der Waals surface area contributed by atoms with E-state index in [4.69, 9.17) is 9.05 Å². The lowest BCUT2D eigenvalue weighted by atomic mass is 10.1. The number of rotatable bonds is 21. The highest BCUT2D eigenvalue weighted by atomic mass is 31.2. The molecule has 7 nitrogen and oxygen atoms in total. The Morgan fingerprint density at radius 3 is 1.55 bits per heavy atom. The molecule has 31 heavy (non-hydrogen) atoms.